The molecular weight excluding hydrogens is 456 g/mol. The number of nitrogens with zero attached hydrogens (tertiary/aromatic N) is 3. The molecule has 4 rings (SSSR count). The maximum absolute atomic E-state index is 12.5. The van der Waals surface area contributed by atoms with Gasteiger partial charge in [-0.3, -0.25) is 10.1 Å². The highest BCUT2D eigenvalue weighted by Crippen LogP contribution is 2.20. The Morgan fingerprint density at radius 3 is 2.61 bits per heavy atom. The minimum Gasteiger partial charge on any atom is -0.494 e. The molecule has 1 fully saturated rings. The molecule has 1 saturated heterocycles. The molecule has 36 heavy (non-hydrogen) atoms. The Kier molecular flexibility index (Phi) is 9.10. The molecule has 2 aromatic carbocycles. The zero-order chi connectivity index (χ0) is 25.2. The quantitative estimate of drug-likeness (QED) is 0.412. The van der Waals surface area contributed by atoms with Gasteiger partial charge >= 0.3 is 6.09 Å². The number of carbonyl (C=O) groups is 1. The predicted octanol–water partition coefficient (Wildman–Crippen LogP) is 4.78. The first-order valence-corrected chi connectivity index (χ1v) is 12.7. The number of anilines is 1. The molecule has 8 nitrogen and oxygen atoms in total. The first-order valence-electron chi connectivity index (χ1n) is 12.7. The second-order valence-electron chi connectivity index (χ2n) is 8.89. The Labute approximate surface area is 211 Å². The number of benzene rings is 2. The van der Waals surface area contributed by atoms with Crippen molar-refractivity contribution in [1.82, 2.24) is 14.7 Å². The Bertz CT molecular complexity index is 1190. The van der Waals surface area contributed by atoms with Gasteiger partial charge in [0.05, 0.1) is 25.5 Å². The van der Waals surface area contributed by atoms with E-state index in [1.807, 2.05) is 36.4 Å². The highest BCUT2D eigenvalue weighted by molar-refractivity contribution is 5.84. The van der Waals surface area contributed by atoms with Crippen LogP contribution in [-0.4, -0.2) is 53.6 Å². The molecule has 0 radical (unpaired) electrons. The van der Waals surface area contributed by atoms with Crippen LogP contribution >= 0.6 is 0 Å². The third-order valence-corrected chi connectivity index (χ3v) is 6.13. The second kappa shape index (κ2) is 12.9. The van der Waals surface area contributed by atoms with E-state index < -0.39 is 6.09 Å². The number of nitrogens with one attached hydrogen (secondary N) is 1. The molecule has 1 aliphatic rings. The highest BCUT2D eigenvalue weighted by atomic mass is 16.5. The number of ether oxygens (including phenoxy) is 2. The molecule has 1 aromatic heterocycles. The summed E-state index contributed by atoms with van der Waals surface area (Å²) in [5.41, 5.74) is 2.84. The number of aromatic nitrogens is 2. The van der Waals surface area contributed by atoms with E-state index in [0.29, 0.717) is 24.6 Å². The van der Waals surface area contributed by atoms with Crippen LogP contribution in [0.15, 0.2) is 65.5 Å². The first-order chi connectivity index (χ1) is 17.6. The number of hydrogen-bond acceptors (Lipinski definition) is 6. The lowest BCUT2D eigenvalue weighted by atomic mass is 10.1. The molecule has 1 amide bonds. The van der Waals surface area contributed by atoms with Crippen LogP contribution in [0.2, 0.25) is 0 Å². The van der Waals surface area contributed by atoms with Gasteiger partial charge in [0.15, 0.2) is 0 Å². The van der Waals surface area contributed by atoms with Gasteiger partial charge in [-0.05, 0) is 87.3 Å². The Hall–Kier alpha value is -3.65. The largest absolute Gasteiger partial charge is 0.494 e. The number of amides is 1. The average molecular weight is 491 g/mol. The van der Waals surface area contributed by atoms with E-state index in [9.17, 15) is 9.59 Å². The minimum atomic E-state index is -0.513. The first kappa shape index (κ1) is 25.4. The summed E-state index contributed by atoms with van der Waals surface area (Å²) in [6.07, 6.45) is 4.48. The van der Waals surface area contributed by atoms with Gasteiger partial charge in [0.25, 0.3) is 5.56 Å². The molecule has 0 bridgehead atoms. The fraction of sp³-hybridized carbons (Fsp3) is 0.393. The summed E-state index contributed by atoms with van der Waals surface area (Å²) in [6.45, 7) is 6.53. The molecule has 1 aliphatic heterocycles. The smallest absolute Gasteiger partial charge is 0.411 e. The van der Waals surface area contributed by atoms with Crippen molar-refractivity contribution < 1.29 is 14.3 Å². The molecule has 3 aromatic rings. The summed E-state index contributed by atoms with van der Waals surface area (Å²) in [6, 6.07) is 18.3. The SMILES string of the molecule is CCOC(=O)Nc1cccc(Cn2nc(-c3ccc(OCCCN4CCCCC4)cc3)ccc2=O)c1. The van der Waals surface area contributed by atoms with Crippen LogP contribution in [-0.2, 0) is 11.3 Å². The monoisotopic (exact) mass is 490 g/mol. The zero-order valence-electron chi connectivity index (χ0n) is 20.8. The van der Waals surface area contributed by atoms with Crippen molar-refractivity contribution in [3.63, 3.8) is 0 Å². The van der Waals surface area contributed by atoms with Gasteiger partial charge in [0, 0.05) is 23.9 Å². The summed E-state index contributed by atoms with van der Waals surface area (Å²) >= 11 is 0. The van der Waals surface area contributed by atoms with E-state index in [-0.39, 0.29) is 12.1 Å². The summed E-state index contributed by atoms with van der Waals surface area (Å²) in [5.74, 6) is 0.830. The fourth-order valence-electron chi connectivity index (χ4n) is 4.30. The fourth-order valence-corrected chi connectivity index (χ4v) is 4.30. The van der Waals surface area contributed by atoms with E-state index in [1.165, 1.54) is 43.1 Å². The third-order valence-electron chi connectivity index (χ3n) is 6.13. The van der Waals surface area contributed by atoms with E-state index in [4.69, 9.17) is 9.47 Å². The van der Waals surface area contributed by atoms with Gasteiger partial charge in [-0.25, -0.2) is 9.48 Å². The van der Waals surface area contributed by atoms with E-state index in [1.54, 1.807) is 25.1 Å². The lowest BCUT2D eigenvalue weighted by molar-refractivity contribution is 0.168. The lowest BCUT2D eigenvalue weighted by Gasteiger charge is -2.26. The van der Waals surface area contributed by atoms with Crippen LogP contribution in [0, 0.1) is 0 Å². The molecule has 1 N–H and O–H groups in total. The Morgan fingerprint density at radius 2 is 1.83 bits per heavy atom. The number of rotatable bonds is 10. The van der Waals surface area contributed by atoms with Crippen LogP contribution in [0.5, 0.6) is 5.75 Å². The molecule has 2 heterocycles. The van der Waals surface area contributed by atoms with Crippen molar-refractivity contribution in [2.75, 3.05) is 38.2 Å². The van der Waals surface area contributed by atoms with Crippen molar-refractivity contribution >= 4 is 11.8 Å². The van der Waals surface area contributed by atoms with Gasteiger partial charge in [-0.2, -0.15) is 5.10 Å². The molecule has 0 atom stereocenters. The third kappa shape index (κ3) is 7.42. The van der Waals surface area contributed by atoms with Crippen LogP contribution in [0.1, 0.15) is 38.2 Å². The van der Waals surface area contributed by atoms with Crippen molar-refractivity contribution in [3.05, 3.63) is 76.6 Å². The molecule has 0 unspecified atom stereocenters. The summed E-state index contributed by atoms with van der Waals surface area (Å²) in [7, 11) is 0. The number of carbonyl (C=O) groups excluding carboxylic acids is 1. The molecular formula is C28H34N4O4. The van der Waals surface area contributed by atoms with Crippen molar-refractivity contribution in [2.24, 2.45) is 0 Å². The van der Waals surface area contributed by atoms with Gasteiger partial charge in [-0.1, -0.05) is 18.6 Å². The van der Waals surface area contributed by atoms with Crippen LogP contribution in [0.4, 0.5) is 10.5 Å². The second-order valence-corrected chi connectivity index (χ2v) is 8.89. The van der Waals surface area contributed by atoms with Crippen molar-refractivity contribution in [2.45, 2.75) is 39.2 Å². The maximum atomic E-state index is 12.5. The van der Waals surface area contributed by atoms with Gasteiger partial charge in [0.2, 0.25) is 0 Å². The number of hydrogen-bond donors (Lipinski definition) is 1. The highest BCUT2D eigenvalue weighted by Gasteiger charge is 2.10. The van der Waals surface area contributed by atoms with Crippen LogP contribution in [0.3, 0.4) is 0 Å². The maximum Gasteiger partial charge on any atom is 0.411 e. The van der Waals surface area contributed by atoms with E-state index in [2.05, 4.69) is 15.3 Å². The lowest BCUT2D eigenvalue weighted by Crippen LogP contribution is -2.31. The summed E-state index contributed by atoms with van der Waals surface area (Å²) in [5, 5.41) is 7.24. The van der Waals surface area contributed by atoms with Crippen LogP contribution in [0.25, 0.3) is 11.3 Å². The zero-order valence-corrected chi connectivity index (χ0v) is 20.8. The standard InChI is InChI=1S/C28H34N4O4/c1-2-35-28(34)29-24-9-6-8-22(20-24)21-32-27(33)15-14-26(30-32)23-10-12-25(13-11-23)36-19-7-18-31-16-4-3-5-17-31/h6,8-15,20H,2-5,7,16-19,21H2,1H3,(H,29,34). The van der Waals surface area contributed by atoms with E-state index in [0.717, 1.165) is 29.8 Å². The predicted molar refractivity (Wildman–Crippen MR) is 141 cm³/mol. The molecule has 0 saturated carbocycles. The molecule has 8 heteroatoms. The summed E-state index contributed by atoms with van der Waals surface area (Å²) in [4.78, 5) is 26.7. The molecule has 190 valence electrons. The Morgan fingerprint density at radius 1 is 1.03 bits per heavy atom. The van der Waals surface area contributed by atoms with Gasteiger partial charge in [0.1, 0.15) is 5.75 Å². The topological polar surface area (TPSA) is 85.7 Å². The van der Waals surface area contributed by atoms with Crippen LogP contribution < -0.4 is 15.6 Å². The average Bonchev–Trinajstić information content (AvgIpc) is 2.89. The molecule has 0 spiro atoms. The summed E-state index contributed by atoms with van der Waals surface area (Å²) < 4.78 is 12.3. The minimum absolute atomic E-state index is 0.198. The molecule has 0 aliphatic carbocycles. The normalized spacial score (nSPS) is 13.8. The van der Waals surface area contributed by atoms with E-state index >= 15 is 0 Å². The van der Waals surface area contributed by atoms with Gasteiger partial charge in [-0.15, -0.1) is 0 Å². The Balaban J connectivity index is 1.35. The van der Waals surface area contributed by atoms with Crippen molar-refractivity contribution in [1.29, 1.82) is 0 Å². The number of likely N-dealkylation sites (tertiary alicyclic amines) is 1. The van der Waals surface area contributed by atoms with Crippen molar-refractivity contribution in [3.8, 4) is 17.0 Å². The van der Waals surface area contributed by atoms with Gasteiger partial charge < -0.3 is 14.4 Å². The number of piperidine rings is 1.